The summed E-state index contributed by atoms with van der Waals surface area (Å²) in [4.78, 5) is 22.6. The Balaban J connectivity index is 1.64. The molecule has 0 aliphatic heterocycles. The molecule has 3 rings (SSSR count). The van der Waals surface area contributed by atoms with Gasteiger partial charge in [0.05, 0.1) is 4.92 Å². The number of halogens is 1. The van der Waals surface area contributed by atoms with E-state index in [9.17, 15) is 24.6 Å². The highest BCUT2D eigenvalue weighted by Gasteiger charge is 2.10. The van der Waals surface area contributed by atoms with Crippen molar-refractivity contribution in [3.63, 3.8) is 0 Å². The molecule has 0 aliphatic rings. The van der Waals surface area contributed by atoms with Crippen LogP contribution in [0.3, 0.4) is 0 Å². The first-order valence-corrected chi connectivity index (χ1v) is 9.09. The predicted molar refractivity (Wildman–Crippen MR) is 112 cm³/mol. The first kappa shape index (κ1) is 21.2. The fourth-order valence-corrected chi connectivity index (χ4v) is 2.63. The van der Waals surface area contributed by atoms with Crippen molar-refractivity contribution in [1.29, 1.82) is 5.26 Å². The third kappa shape index (κ3) is 5.98. The maximum atomic E-state index is 13.0. The van der Waals surface area contributed by atoms with Crippen molar-refractivity contribution in [3.05, 3.63) is 105 Å². The monoisotopic (exact) mass is 417 g/mol. The van der Waals surface area contributed by atoms with E-state index in [1.807, 2.05) is 6.07 Å². The van der Waals surface area contributed by atoms with Crippen LogP contribution in [0.2, 0.25) is 0 Å². The van der Waals surface area contributed by atoms with E-state index in [-0.39, 0.29) is 17.9 Å². The number of ether oxygens (including phenoxy) is 1. The van der Waals surface area contributed by atoms with E-state index in [0.29, 0.717) is 22.6 Å². The highest BCUT2D eigenvalue weighted by atomic mass is 19.1. The zero-order chi connectivity index (χ0) is 22.2. The van der Waals surface area contributed by atoms with Crippen LogP contribution in [0, 0.1) is 27.3 Å². The minimum Gasteiger partial charge on any atom is -0.489 e. The summed E-state index contributed by atoms with van der Waals surface area (Å²) >= 11 is 0. The lowest BCUT2D eigenvalue weighted by atomic mass is 10.1. The summed E-state index contributed by atoms with van der Waals surface area (Å²) in [5.41, 5.74) is 1.51. The van der Waals surface area contributed by atoms with E-state index in [0.717, 1.165) is 0 Å². The second-order valence-corrected chi connectivity index (χ2v) is 6.42. The molecule has 0 radical (unpaired) electrons. The number of anilines is 1. The molecular formula is C23H16FN3O4. The Morgan fingerprint density at radius 1 is 1.13 bits per heavy atom. The first-order chi connectivity index (χ1) is 14.9. The van der Waals surface area contributed by atoms with Crippen LogP contribution in [-0.4, -0.2) is 10.8 Å². The molecule has 0 aliphatic carbocycles. The molecule has 31 heavy (non-hydrogen) atoms. The molecule has 0 heterocycles. The average Bonchev–Trinajstić information content (AvgIpc) is 2.78. The summed E-state index contributed by atoms with van der Waals surface area (Å²) in [5.74, 6) is -0.514. The lowest BCUT2D eigenvalue weighted by Crippen LogP contribution is -2.13. The Bertz CT molecular complexity index is 1170. The molecule has 0 fully saturated rings. The minimum atomic E-state index is -0.611. The molecule has 3 aromatic carbocycles. The Hall–Kier alpha value is -4.51. The molecule has 1 amide bonds. The van der Waals surface area contributed by atoms with Gasteiger partial charge in [-0.3, -0.25) is 14.9 Å². The van der Waals surface area contributed by atoms with Crippen LogP contribution in [0.1, 0.15) is 11.1 Å². The molecule has 0 saturated heterocycles. The first-order valence-electron chi connectivity index (χ1n) is 9.09. The summed E-state index contributed by atoms with van der Waals surface area (Å²) < 4.78 is 18.6. The number of hydrogen-bond acceptors (Lipinski definition) is 5. The zero-order valence-corrected chi connectivity index (χ0v) is 16.1. The number of nitro benzene ring substituents is 1. The number of nitrogens with one attached hydrogen (secondary N) is 1. The lowest BCUT2D eigenvalue weighted by Gasteiger charge is -2.07. The van der Waals surface area contributed by atoms with Crippen molar-refractivity contribution < 1.29 is 18.8 Å². The normalized spacial score (nSPS) is 10.8. The predicted octanol–water partition coefficient (Wildman–Crippen LogP) is 4.86. The number of amides is 1. The third-order valence-corrected chi connectivity index (χ3v) is 4.19. The number of carbonyl (C=O) groups is 1. The summed E-state index contributed by atoms with van der Waals surface area (Å²) in [6, 6.07) is 19.9. The number of nitriles is 1. The maximum Gasteiger partial charge on any atom is 0.269 e. The summed E-state index contributed by atoms with van der Waals surface area (Å²) in [6.07, 6.45) is 1.42. The molecular weight excluding hydrogens is 401 g/mol. The van der Waals surface area contributed by atoms with E-state index in [1.54, 1.807) is 36.4 Å². The van der Waals surface area contributed by atoms with Crippen LogP contribution in [0.25, 0.3) is 6.08 Å². The van der Waals surface area contributed by atoms with Gasteiger partial charge in [0.1, 0.15) is 29.8 Å². The number of hydrogen-bond donors (Lipinski definition) is 1. The number of rotatable bonds is 7. The highest BCUT2D eigenvalue weighted by Crippen LogP contribution is 2.19. The van der Waals surface area contributed by atoms with Gasteiger partial charge in [-0.25, -0.2) is 4.39 Å². The van der Waals surface area contributed by atoms with Crippen LogP contribution in [-0.2, 0) is 11.4 Å². The zero-order valence-electron chi connectivity index (χ0n) is 16.1. The van der Waals surface area contributed by atoms with Crippen LogP contribution in [0.4, 0.5) is 15.8 Å². The van der Waals surface area contributed by atoms with E-state index in [1.165, 1.54) is 42.5 Å². The molecule has 0 atom stereocenters. The van der Waals surface area contributed by atoms with Crippen LogP contribution in [0.15, 0.2) is 78.4 Å². The lowest BCUT2D eigenvalue weighted by molar-refractivity contribution is -0.384. The van der Waals surface area contributed by atoms with Crippen molar-refractivity contribution in [2.24, 2.45) is 0 Å². The van der Waals surface area contributed by atoms with Crippen molar-refractivity contribution >= 4 is 23.4 Å². The second kappa shape index (κ2) is 9.80. The summed E-state index contributed by atoms with van der Waals surface area (Å²) in [5, 5.41) is 22.7. The van der Waals surface area contributed by atoms with Crippen molar-refractivity contribution in [3.8, 4) is 11.8 Å². The summed E-state index contributed by atoms with van der Waals surface area (Å²) in [6.45, 7) is 0.153. The smallest absolute Gasteiger partial charge is 0.269 e. The van der Waals surface area contributed by atoms with Crippen molar-refractivity contribution in [2.75, 3.05) is 5.32 Å². The van der Waals surface area contributed by atoms with Crippen LogP contribution < -0.4 is 10.1 Å². The van der Waals surface area contributed by atoms with Gasteiger partial charge in [-0.15, -0.1) is 0 Å². The van der Waals surface area contributed by atoms with E-state index in [4.69, 9.17) is 4.74 Å². The Morgan fingerprint density at radius 2 is 1.84 bits per heavy atom. The maximum absolute atomic E-state index is 13.0. The molecule has 154 valence electrons. The van der Waals surface area contributed by atoms with Gasteiger partial charge in [-0.2, -0.15) is 5.26 Å². The molecule has 3 aromatic rings. The molecule has 8 heteroatoms. The van der Waals surface area contributed by atoms with Crippen LogP contribution >= 0.6 is 0 Å². The number of carbonyl (C=O) groups excluding carboxylic acids is 1. The van der Waals surface area contributed by atoms with Crippen LogP contribution in [0.5, 0.6) is 5.75 Å². The Labute approximate surface area is 177 Å². The molecule has 0 saturated carbocycles. The molecule has 7 nitrogen and oxygen atoms in total. The van der Waals surface area contributed by atoms with Gasteiger partial charge in [0, 0.05) is 17.8 Å². The topological polar surface area (TPSA) is 105 Å². The van der Waals surface area contributed by atoms with Gasteiger partial charge < -0.3 is 10.1 Å². The molecule has 1 N–H and O–H groups in total. The molecule has 0 unspecified atom stereocenters. The minimum absolute atomic E-state index is 0.00969. The SMILES string of the molecule is N#C/C(=C\c1ccc(OCc2cccc([N+](=O)[O-])c2)cc1)C(=O)Nc1ccc(F)cc1. The van der Waals surface area contributed by atoms with Gasteiger partial charge in [0.25, 0.3) is 11.6 Å². The standard InChI is InChI=1S/C23H16FN3O4/c24-19-6-8-20(9-7-19)26-23(28)18(14-25)12-16-4-10-22(11-5-16)31-15-17-2-1-3-21(13-17)27(29)30/h1-13H,15H2,(H,26,28)/b18-12+. The van der Waals surface area contributed by atoms with E-state index < -0.39 is 16.6 Å². The average molecular weight is 417 g/mol. The van der Waals surface area contributed by atoms with E-state index >= 15 is 0 Å². The fourth-order valence-electron chi connectivity index (χ4n) is 2.63. The van der Waals surface area contributed by atoms with Crippen molar-refractivity contribution in [1.82, 2.24) is 0 Å². The van der Waals surface area contributed by atoms with Crippen molar-refractivity contribution in [2.45, 2.75) is 6.61 Å². The number of benzene rings is 3. The quantitative estimate of drug-likeness (QED) is 0.256. The number of nitrogens with zero attached hydrogens (tertiary/aromatic N) is 2. The number of non-ortho nitro benzene ring substituents is 1. The fraction of sp³-hybridized carbons (Fsp3) is 0.0435. The number of nitro groups is 1. The molecule has 0 bridgehead atoms. The highest BCUT2D eigenvalue weighted by molar-refractivity contribution is 6.09. The third-order valence-electron chi connectivity index (χ3n) is 4.19. The summed E-state index contributed by atoms with van der Waals surface area (Å²) in [7, 11) is 0. The van der Waals surface area contributed by atoms with Gasteiger partial charge in [0.15, 0.2) is 0 Å². The molecule has 0 spiro atoms. The largest absolute Gasteiger partial charge is 0.489 e. The van der Waals surface area contributed by atoms with Gasteiger partial charge >= 0.3 is 0 Å². The van der Waals surface area contributed by atoms with E-state index in [2.05, 4.69) is 5.32 Å². The Morgan fingerprint density at radius 3 is 2.48 bits per heavy atom. The second-order valence-electron chi connectivity index (χ2n) is 6.42. The van der Waals surface area contributed by atoms with Gasteiger partial charge in [-0.1, -0.05) is 24.3 Å². The van der Waals surface area contributed by atoms with Gasteiger partial charge in [-0.05, 0) is 53.6 Å². The van der Waals surface area contributed by atoms with Gasteiger partial charge in [0.2, 0.25) is 0 Å². The Kier molecular flexibility index (Phi) is 6.71. The molecule has 0 aromatic heterocycles.